The number of amides is 1. The summed E-state index contributed by atoms with van der Waals surface area (Å²) in [5, 5.41) is 2.59. The Bertz CT molecular complexity index is 458. The molecular weight excluding hydrogens is 335 g/mol. The molecule has 1 aromatic carbocycles. The summed E-state index contributed by atoms with van der Waals surface area (Å²) in [5.74, 6) is -0.379. The summed E-state index contributed by atoms with van der Waals surface area (Å²) < 4.78 is 14.2. The first-order chi connectivity index (χ1) is 8.56. The third kappa shape index (κ3) is 4.44. The Morgan fingerprint density at radius 1 is 1.47 bits per heavy atom. The standard InChI is InChI=1S/C13H16BrFN2O.ClH/c14-9-4-5-12(10(15)7-9)17-13(18)6-8-2-1-3-11(8)16;/h4-5,7-8,11H,1-3,6,16H2,(H,17,18);1H/t8-,11+;/m0./s1. The Balaban J connectivity index is 0.00000180. The van der Waals surface area contributed by atoms with Crippen LogP contribution in [0.15, 0.2) is 22.7 Å². The topological polar surface area (TPSA) is 55.1 Å². The molecule has 0 heterocycles. The summed E-state index contributed by atoms with van der Waals surface area (Å²) in [6, 6.07) is 4.67. The maximum Gasteiger partial charge on any atom is 0.224 e. The third-order valence-electron chi connectivity index (χ3n) is 3.37. The highest BCUT2D eigenvalue weighted by Crippen LogP contribution is 2.27. The van der Waals surface area contributed by atoms with Crippen molar-refractivity contribution < 1.29 is 9.18 Å². The minimum absolute atomic E-state index is 0. The molecule has 2 atom stereocenters. The zero-order chi connectivity index (χ0) is 13.1. The van der Waals surface area contributed by atoms with Crippen molar-refractivity contribution in [2.45, 2.75) is 31.7 Å². The molecular formula is C13H17BrClFN2O. The largest absolute Gasteiger partial charge is 0.327 e. The van der Waals surface area contributed by atoms with Crippen molar-refractivity contribution in [1.29, 1.82) is 0 Å². The van der Waals surface area contributed by atoms with Gasteiger partial charge in [-0.1, -0.05) is 22.4 Å². The third-order valence-corrected chi connectivity index (χ3v) is 3.86. The molecule has 0 aromatic heterocycles. The summed E-state index contributed by atoms with van der Waals surface area (Å²) >= 11 is 3.17. The van der Waals surface area contributed by atoms with E-state index in [0.29, 0.717) is 10.9 Å². The van der Waals surface area contributed by atoms with E-state index in [1.54, 1.807) is 12.1 Å². The Hall–Kier alpha value is -0.650. The predicted octanol–water partition coefficient (Wildman–Crippen LogP) is 3.47. The van der Waals surface area contributed by atoms with Crippen LogP contribution in [0.3, 0.4) is 0 Å². The Kier molecular flexibility index (Phi) is 6.23. The van der Waals surface area contributed by atoms with Crippen molar-refractivity contribution in [3.05, 3.63) is 28.5 Å². The van der Waals surface area contributed by atoms with Crippen molar-refractivity contribution >= 4 is 39.9 Å². The van der Waals surface area contributed by atoms with Gasteiger partial charge < -0.3 is 11.1 Å². The molecule has 1 aliphatic carbocycles. The Morgan fingerprint density at radius 2 is 2.21 bits per heavy atom. The molecule has 1 fully saturated rings. The van der Waals surface area contributed by atoms with E-state index in [-0.39, 0.29) is 36.0 Å². The quantitative estimate of drug-likeness (QED) is 0.876. The number of benzene rings is 1. The maximum absolute atomic E-state index is 13.5. The van der Waals surface area contributed by atoms with Gasteiger partial charge in [-0.15, -0.1) is 12.4 Å². The van der Waals surface area contributed by atoms with Crippen LogP contribution in [0.1, 0.15) is 25.7 Å². The SMILES string of the molecule is Cl.N[C@@H]1CCC[C@H]1CC(=O)Nc1ccc(Br)cc1F. The van der Waals surface area contributed by atoms with Gasteiger partial charge in [-0.25, -0.2) is 4.39 Å². The van der Waals surface area contributed by atoms with Crippen LogP contribution >= 0.6 is 28.3 Å². The van der Waals surface area contributed by atoms with Gasteiger partial charge in [0.25, 0.3) is 0 Å². The normalized spacial score (nSPS) is 21.8. The molecule has 1 saturated carbocycles. The summed E-state index contributed by atoms with van der Waals surface area (Å²) in [5.41, 5.74) is 6.13. The van der Waals surface area contributed by atoms with Crippen LogP contribution < -0.4 is 11.1 Å². The molecule has 0 unspecified atom stereocenters. The van der Waals surface area contributed by atoms with E-state index in [1.165, 1.54) is 6.07 Å². The summed E-state index contributed by atoms with van der Waals surface area (Å²) in [6.45, 7) is 0. The molecule has 1 aromatic rings. The van der Waals surface area contributed by atoms with Gasteiger partial charge in [0, 0.05) is 16.9 Å². The van der Waals surface area contributed by atoms with Crippen LogP contribution in [0.5, 0.6) is 0 Å². The zero-order valence-electron chi connectivity index (χ0n) is 10.4. The molecule has 0 aliphatic heterocycles. The van der Waals surface area contributed by atoms with Gasteiger partial charge in [0.2, 0.25) is 5.91 Å². The maximum atomic E-state index is 13.5. The molecule has 1 aliphatic rings. The summed E-state index contributed by atoms with van der Waals surface area (Å²) in [4.78, 5) is 11.8. The lowest BCUT2D eigenvalue weighted by Gasteiger charge is -2.15. The molecule has 1 amide bonds. The van der Waals surface area contributed by atoms with E-state index in [4.69, 9.17) is 5.73 Å². The predicted molar refractivity (Wildman–Crippen MR) is 79.9 cm³/mol. The molecule has 3 nitrogen and oxygen atoms in total. The van der Waals surface area contributed by atoms with Crippen LogP contribution in [0.25, 0.3) is 0 Å². The molecule has 6 heteroatoms. The number of carbonyl (C=O) groups is 1. The number of nitrogens with two attached hydrogens (primary N) is 1. The van der Waals surface area contributed by atoms with Crippen molar-refractivity contribution in [2.75, 3.05) is 5.32 Å². The van der Waals surface area contributed by atoms with Gasteiger partial charge in [-0.05, 0) is 37.0 Å². The number of hydrogen-bond acceptors (Lipinski definition) is 2. The lowest BCUT2D eigenvalue weighted by Crippen LogP contribution is -2.28. The van der Waals surface area contributed by atoms with Crippen molar-refractivity contribution in [3.8, 4) is 0 Å². The smallest absolute Gasteiger partial charge is 0.224 e. The minimum atomic E-state index is -0.437. The van der Waals surface area contributed by atoms with Gasteiger partial charge in [0.05, 0.1) is 5.69 Å². The van der Waals surface area contributed by atoms with E-state index < -0.39 is 5.82 Å². The van der Waals surface area contributed by atoms with Gasteiger partial charge in [0.1, 0.15) is 5.82 Å². The number of anilines is 1. The second-order valence-corrected chi connectivity index (χ2v) is 5.65. The first-order valence-electron chi connectivity index (χ1n) is 6.07. The van der Waals surface area contributed by atoms with Gasteiger partial charge in [-0.3, -0.25) is 4.79 Å². The first-order valence-corrected chi connectivity index (χ1v) is 6.86. The fourth-order valence-corrected chi connectivity index (χ4v) is 2.68. The first kappa shape index (κ1) is 16.4. The minimum Gasteiger partial charge on any atom is -0.327 e. The lowest BCUT2D eigenvalue weighted by molar-refractivity contribution is -0.117. The van der Waals surface area contributed by atoms with Crippen LogP contribution in [0.4, 0.5) is 10.1 Å². The van der Waals surface area contributed by atoms with E-state index in [0.717, 1.165) is 19.3 Å². The molecule has 106 valence electrons. The number of nitrogens with one attached hydrogen (secondary N) is 1. The molecule has 0 bridgehead atoms. The average molecular weight is 352 g/mol. The summed E-state index contributed by atoms with van der Waals surface area (Å²) in [7, 11) is 0. The summed E-state index contributed by atoms with van der Waals surface area (Å²) in [6.07, 6.45) is 3.41. The van der Waals surface area contributed by atoms with E-state index in [9.17, 15) is 9.18 Å². The zero-order valence-corrected chi connectivity index (χ0v) is 12.8. The highest BCUT2D eigenvalue weighted by Gasteiger charge is 2.26. The average Bonchev–Trinajstić information content (AvgIpc) is 2.69. The number of rotatable bonds is 3. The van der Waals surface area contributed by atoms with Crippen LogP contribution in [-0.4, -0.2) is 11.9 Å². The molecule has 2 rings (SSSR count). The van der Waals surface area contributed by atoms with E-state index >= 15 is 0 Å². The second kappa shape index (κ2) is 7.22. The Morgan fingerprint density at radius 3 is 2.79 bits per heavy atom. The van der Waals surface area contributed by atoms with E-state index in [2.05, 4.69) is 21.2 Å². The van der Waals surface area contributed by atoms with Crippen molar-refractivity contribution in [2.24, 2.45) is 11.7 Å². The lowest BCUT2D eigenvalue weighted by atomic mass is 10.00. The molecule has 19 heavy (non-hydrogen) atoms. The molecule has 0 spiro atoms. The highest BCUT2D eigenvalue weighted by molar-refractivity contribution is 9.10. The monoisotopic (exact) mass is 350 g/mol. The van der Waals surface area contributed by atoms with Gasteiger partial charge >= 0.3 is 0 Å². The van der Waals surface area contributed by atoms with Gasteiger partial charge in [0.15, 0.2) is 0 Å². The molecule has 3 N–H and O–H groups in total. The van der Waals surface area contributed by atoms with Crippen molar-refractivity contribution in [1.82, 2.24) is 0 Å². The number of hydrogen-bond donors (Lipinski definition) is 2. The van der Waals surface area contributed by atoms with Gasteiger partial charge in [-0.2, -0.15) is 0 Å². The second-order valence-electron chi connectivity index (χ2n) is 4.73. The fourth-order valence-electron chi connectivity index (χ4n) is 2.35. The molecule has 0 saturated heterocycles. The highest BCUT2D eigenvalue weighted by atomic mass is 79.9. The Labute approximate surface area is 126 Å². The number of carbonyl (C=O) groups excluding carboxylic acids is 1. The van der Waals surface area contributed by atoms with Crippen LogP contribution in [0, 0.1) is 11.7 Å². The molecule has 0 radical (unpaired) electrons. The van der Waals surface area contributed by atoms with Crippen LogP contribution in [-0.2, 0) is 4.79 Å². The van der Waals surface area contributed by atoms with Crippen LogP contribution in [0.2, 0.25) is 0 Å². The van der Waals surface area contributed by atoms with E-state index in [1.807, 2.05) is 0 Å². The number of halogens is 3. The van der Waals surface area contributed by atoms with Crippen molar-refractivity contribution in [3.63, 3.8) is 0 Å². The fraction of sp³-hybridized carbons (Fsp3) is 0.462.